The summed E-state index contributed by atoms with van der Waals surface area (Å²) in [5.74, 6) is 0.425. The van der Waals surface area contributed by atoms with Crippen LogP contribution in [0.15, 0.2) is 30.3 Å². The van der Waals surface area contributed by atoms with Crippen molar-refractivity contribution in [1.29, 1.82) is 0 Å². The van der Waals surface area contributed by atoms with Gasteiger partial charge in [0.2, 0.25) is 0 Å². The molecule has 1 aromatic rings. The van der Waals surface area contributed by atoms with Gasteiger partial charge in [0.25, 0.3) is 0 Å². The Kier molecular flexibility index (Phi) is 6.86. The Bertz CT molecular complexity index is 259. The fourth-order valence-electron chi connectivity index (χ4n) is 1.55. The van der Waals surface area contributed by atoms with E-state index in [1.165, 1.54) is 5.56 Å². The lowest BCUT2D eigenvalue weighted by molar-refractivity contribution is 0.115. The van der Waals surface area contributed by atoms with Crippen LogP contribution in [0.5, 0.6) is 0 Å². The number of hydrogen-bond acceptors (Lipinski definition) is 2. The number of aliphatic hydroxyl groups excluding tert-OH is 1. The van der Waals surface area contributed by atoms with Gasteiger partial charge in [-0.15, -0.1) is 0 Å². The summed E-state index contributed by atoms with van der Waals surface area (Å²) in [7, 11) is 0. The summed E-state index contributed by atoms with van der Waals surface area (Å²) < 4.78 is 5.57. The zero-order valence-corrected chi connectivity index (χ0v) is 10.1. The van der Waals surface area contributed by atoms with Crippen molar-refractivity contribution in [2.45, 2.75) is 32.8 Å². The standard InChI is InChI=1S/C14H22O2/c1-13(11-15)7-5-6-10-16-12-14-8-3-2-4-9-14/h2-4,8-9,13,15H,5-7,10-12H2,1H3/t13-/m1/s1. The predicted molar refractivity (Wildman–Crippen MR) is 66.2 cm³/mol. The summed E-state index contributed by atoms with van der Waals surface area (Å²) >= 11 is 0. The van der Waals surface area contributed by atoms with Crippen LogP contribution in [-0.4, -0.2) is 18.3 Å². The maximum Gasteiger partial charge on any atom is 0.0716 e. The van der Waals surface area contributed by atoms with Crippen LogP contribution >= 0.6 is 0 Å². The molecule has 2 nitrogen and oxygen atoms in total. The van der Waals surface area contributed by atoms with Crippen LogP contribution in [-0.2, 0) is 11.3 Å². The van der Waals surface area contributed by atoms with Crippen LogP contribution in [0.4, 0.5) is 0 Å². The Morgan fingerprint density at radius 1 is 1.19 bits per heavy atom. The van der Waals surface area contributed by atoms with Gasteiger partial charge in [0.05, 0.1) is 6.61 Å². The first-order valence-electron chi connectivity index (χ1n) is 6.05. The molecule has 1 aromatic carbocycles. The molecule has 16 heavy (non-hydrogen) atoms. The maximum atomic E-state index is 8.85. The van der Waals surface area contributed by atoms with Crippen LogP contribution in [0.1, 0.15) is 31.7 Å². The highest BCUT2D eigenvalue weighted by molar-refractivity contribution is 5.13. The van der Waals surface area contributed by atoms with Gasteiger partial charge in [-0.1, -0.05) is 43.7 Å². The molecule has 0 fully saturated rings. The van der Waals surface area contributed by atoms with Crippen molar-refractivity contribution in [3.63, 3.8) is 0 Å². The van der Waals surface area contributed by atoms with E-state index in [-0.39, 0.29) is 0 Å². The minimum Gasteiger partial charge on any atom is -0.396 e. The van der Waals surface area contributed by atoms with E-state index in [0.717, 1.165) is 25.9 Å². The van der Waals surface area contributed by atoms with Crippen molar-refractivity contribution in [3.05, 3.63) is 35.9 Å². The van der Waals surface area contributed by atoms with Crippen molar-refractivity contribution in [3.8, 4) is 0 Å². The highest BCUT2D eigenvalue weighted by Gasteiger charge is 1.99. The molecule has 2 heteroatoms. The summed E-state index contributed by atoms with van der Waals surface area (Å²) in [4.78, 5) is 0. The molecule has 0 radical (unpaired) electrons. The van der Waals surface area contributed by atoms with Gasteiger partial charge in [-0.25, -0.2) is 0 Å². The van der Waals surface area contributed by atoms with Crippen molar-refractivity contribution in [2.24, 2.45) is 5.92 Å². The second-order valence-corrected chi connectivity index (χ2v) is 4.32. The summed E-state index contributed by atoms with van der Waals surface area (Å²) in [5, 5.41) is 8.85. The molecule has 0 saturated carbocycles. The first-order chi connectivity index (χ1) is 7.83. The quantitative estimate of drug-likeness (QED) is 0.685. The van der Waals surface area contributed by atoms with E-state index in [4.69, 9.17) is 9.84 Å². The fourth-order valence-corrected chi connectivity index (χ4v) is 1.55. The molecule has 0 heterocycles. The molecule has 0 saturated heterocycles. The molecule has 90 valence electrons. The van der Waals surface area contributed by atoms with Gasteiger partial charge in [0, 0.05) is 13.2 Å². The second-order valence-electron chi connectivity index (χ2n) is 4.32. The van der Waals surface area contributed by atoms with Crippen molar-refractivity contribution in [2.75, 3.05) is 13.2 Å². The number of ether oxygens (including phenoxy) is 1. The monoisotopic (exact) mass is 222 g/mol. The van der Waals surface area contributed by atoms with Gasteiger partial charge in [0.15, 0.2) is 0 Å². The number of unbranched alkanes of at least 4 members (excludes halogenated alkanes) is 1. The van der Waals surface area contributed by atoms with Gasteiger partial charge < -0.3 is 9.84 Å². The third kappa shape index (κ3) is 5.89. The highest BCUT2D eigenvalue weighted by atomic mass is 16.5. The SMILES string of the molecule is C[C@@H](CO)CCCCOCc1ccccc1. The molecular formula is C14H22O2. The number of hydrogen-bond donors (Lipinski definition) is 1. The molecule has 0 aliphatic carbocycles. The molecule has 0 aromatic heterocycles. The molecule has 1 rings (SSSR count). The van der Waals surface area contributed by atoms with Crippen molar-refractivity contribution in [1.82, 2.24) is 0 Å². The van der Waals surface area contributed by atoms with Gasteiger partial charge in [-0.3, -0.25) is 0 Å². The molecule has 0 spiro atoms. The van der Waals surface area contributed by atoms with Gasteiger partial charge in [-0.05, 0) is 24.3 Å². The zero-order chi connectivity index (χ0) is 11.6. The van der Waals surface area contributed by atoms with Crippen molar-refractivity contribution >= 4 is 0 Å². The zero-order valence-electron chi connectivity index (χ0n) is 10.1. The number of rotatable bonds is 8. The lowest BCUT2D eigenvalue weighted by atomic mass is 10.1. The lowest BCUT2D eigenvalue weighted by Gasteiger charge is -2.07. The third-order valence-electron chi connectivity index (χ3n) is 2.66. The van der Waals surface area contributed by atoms with E-state index in [0.29, 0.717) is 19.1 Å². The molecule has 0 amide bonds. The van der Waals surface area contributed by atoms with E-state index in [1.807, 2.05) is 18.2 Å². The van der Waals surface area contributed by atoms with Crippen LogP contribution in [0.3, 0.4) is 0 Å². The largest absolute Gasteiger partial charge is 0.396 e. The Balaban J connectivity index is 1.96. The summed E-state index contributed by atoms with van der Waals surface area (Å²) in [6.45, 7) is 3.89. The molecule has 0 aliphatic heterocycles. The summed E-state index contributed by atoms with van der Waals surface area (Å²) in [6, 6.07) is 10.2. The molecule has 0 aliphatic rings. The van der Waals surface area contributed by atoms with Gasteiger partial charge >= 0.3 is 0 Å². The average molecular weight is 222 g/mol. The first kappa shape index (κ1) is 13.2. The van der Waals surface area contributed by atoms with Crippen LogP contribution in [0.2, 0.25) is 0 Å². The molecule has 0 unspecified atom stereocenters. The van der Waals surface area contributed by atoms with E-state index in [2.05, 4.69) is 19.1 Å². The Morgan fingerprint density at radius 3 is 2.62 bits per heavy atom. The Hall–Kier alpha value is -0.860. The molecule has 1 N–H and O–H groups in total. The predicted octanol–water partition coefficient (Wildman–Crippen LogP) is 3.00. The van der Waals surface area contributed by atoms with E-state index < -0.39 is 0 Å². The van der Waals surface area contributed by atoms with Crippen LogP contribution in [0.25, 0.3) is 0 Å². The van der Waals surface area contributed by atoms with E-state index in [1.54, 1.807) is 0 Å². The first-order valence-corrected chi connectivity index (χ1v) is 6.05. The molecule has 1 atom stereocenters. The Morgan fingerprint density at radius 2 is 1.94 bits per heavy atom. The van der Waals surface area contributed by atoms with Crippen LogP contribution in [0, 0.1) is 5.92 Å². The summed E-state index contributed by atoms with van der Waals surface area (Å²) in [6.07, 6.45) is 3.30. The highest BCUT2D eigenvalue weighted by Crippen LogP contribution is 2.07. The number of aliphatic hydroxyl groups is 1. The lowest BCUT2D eigenvalue weighted by Crippen LogP contribution is -2.01. The smallest absolute Gasteiger partial charge is 0.0716 e. The fraction of sp³-hybridized carbons (Fsp3) is 0.571. The van der Waals surface area contributed by atoms with Crippen molar-refractivity contribution < 1.29 is 9.84 Å². The second kappa shape index (κ2) is 8.31. The molecular weight excluding hydrogens is 200 g/mol. The Labute approximate surface area is 98.3 Å². The van der Waals surface area contributed by atoms with E-state index >= 15 is 0 Å². The normalized spacial score (nSPS) is 12.6. The minimum atomic E-state index is 0.297. The van der Waals surface area contributed by atoms with E-state index in [9.17, 15) is 0 Å². The minimum absolute atomic E-state index is 0.297. The average Bonchev–Trinajstić information content (AvgIpc) is 2.34. The number of benzene rings is 1. The van der Waals surface area contributed by atoms with Gasteiger partial charge in [0.1, 0.15) is 0 Å². The third-order valence-corrected chi connectivity index (χ3v) is 2.66. The molecule has 0 bridgehead atoms. The topological polar surface area (TPSA) is 29.5 Å². The van der Waals surface area contributed by atoms with Gasteiger partial charge in [-0.2, -0.15) is 0 Å². The summed E-state index contributed by atoms with van der Waals surface area (Å²) in [5.41, 5.74) is 1.23. The van der Waals surface area contributed by atoms with Crippen LogP contribution < -0.4 is 0 Å². The maximum absolute atomic E-state index is 8.85.